The maximum absolute atomic E-state index is 8.15. The Morgan fingerprint density at radius 2 is 1.74 bits per heavy atom. The van der Waals surface area contributed by atoms with Gasteiger partial charge >= 0.3 is 0 Å². The molecule has 0 amide bonds. The summed E-state index contributed by atoms with van der Waals surface area (Å²) in [4.78, 5) is 0. The molecule has 132 valence electrons. The Morgan fingerprint density at radius 1 is 0.926 bits per heavy atom. The first kappa shape index (κ1) is 11.2. The molecule has 1 nitrogen and oxygen atoms in total. The third kappa shape index (κ3) is 2.48. The van der Waals surface area contributed by atoms with Gasteiger partial charge in [0.2, 0.25) is 5.69 Å². The quantitative estimate of drug-likeness (QED) is 0.290. The Morgan fingerprint density at radius 3 is 2.48 bits per heavy atom. The van der Waals surface area contributed by atoms with Crippen LogP contribution in [0.2, 0.25) is 0 Å². The fourth-order valence-corrected chi connectivity index (χ4v) is 5.10. The molecule has 0 atom stereocenters. The van der Waals surface area contributed by atoms with E-state index >= 15 is 0 Å². The van der Waals surface area contributed by atoms with Gasteiger partial charge in [0.05, 0.1) is 10.1 Å². The number of thiophene rings is 1. The van der Waals surface area contributed by atoms with Gasteiger partial charge in [0, 0.05) is 29.4 Å². The molecule has 5 rings (SSSR count). The maximum atomic E-state index is 8.15. The van der Waals surface area contributed by atoms with Crippen molar-refractivity contribution in [1.29, 1.82) is 0 Å². The van der Waals surface area contributed by atoms with Crippen LogP contribution in [0, 0.1) is 20.6 Å². The number of fused-ring (bicyclic) bond motifs is 4. The minimum atomic E-state index is -2.25. The van der Waals surface area contributed by atoms with E-state index in [2.05, 4.69) is 24.3 Å². The minimum absolute atomic E-state index is 0.294. The smallest absolute Gasteiger partial charge is 0.200 e. The van der Waals surface area contributed by atoms with E-state index in [1.807, 2.05) is 36.7 Å². The Balaban J connectivity index is 1.93. The highest BCUT2D eigenvalue weighted by atomic mass is 32.1. The van der Waals surface area contributed by atoms with Crippen LogP contribution in [-0.2, 0) is 7.05 Å². The second-order valence-corrected chi connectivity index (χ2v) is 8.09. The number of aromatic nitrogens is 1. The fraction of sp³-hybridized carbons (Fsp3) is 0.160. The van der Waals surface area contributed by atoms with E-state index < -0.39 is 13.7 Å². The van der Waals surface area contributed by atoms with E-state index in [0.29, 0.717) is 11.1 Å². The van der Waals surface area contributed by atoms with Gasteiger partial charge in [-0.25, -0.2) is 4.57 Å². The average Bonchev–Trinajstić information content (AvgIpc) is 3.08. The van der Waals surface area contributed by atoms with Crippen molar-refractivity contribution < 1.29 is 12.8 Å². The lowest BCUT2D eigenvalue weighted by Crippen LogP contribution is -2.31. The lowest BCUT2D eigenvalue weighted by molar-refractivity contribution is -0.659. The molecule has 0 aliphatic rings. The van der Waals surface area contributed by atoms with Gasteiger partial charge in [-0.05, 0) is 55.2 Å². The van der Waals surface area contributed by atoms with E-state index in [0.717, 1.165) is 47.8 Å². The van der Waals surface area contributed by atoms with Crippen LogP contribution in [0.25, 0.3) is 42.2 Å². The number of aryl methyl sites for hydroxylation is 4. The Hall–Kier alpha value is -2.71. The summed E-state index contributed by atoms with van der Waals surface area (Å²) in [5.41, 5.74) is 3.23. The number of rotatable bonds is 1. The third-order valence-corrected chi connectivity index (χ3v) is 6.38. The van der Waals surface area contributed by atoms with Crippen LogP contribution in [0.5, 0.6) is 0 Å². The summed E-state index contributed by atoms with van der Waals surface area (Å²) in [5.74, 6) is 0. The summed E-state index contributed by atoms with van der Waals surface area (Å²) in [6.45, 7) is -2.53. The zero-order chi connectivity index (χ0) is 23.7. The van der Waals surface area contributed by atoms with Crippen LogP contribution in [0.15, 0.2) is 60.8 Å². The van der Waals surface area contributed by atoms with E-state index in [-0.39, 0.29) is 0 Å². The molecule has 0 aliphatic carbocycles. The van der Waals surface area contributed by atoms with E-state index in [1.165, 1.54) is 11.3 Å². The summed E-state index contributed by atoms with van der Waals surface area (Å²) in [7, 11) is 1.85. The topological polar surface area (TPSA) is 3.88 Å². The van der Waals surface area contributed by atoms with Crippen LogP contribution in [0.4, 0.5) is 0 Å². The van der Waals surface area contributed by atoms with Crippen molar-refractivity contribution in [3.63, 3.8) is 0 Å². The molecule has 2 aromatic heterocycles. The lowest BCUT2D eigenvalue weighted by atomic mass is 9.97. The number of hydrogen-bond donors (Lipinski definition) is 0. The van der Waals surface area contributed by atoms with Crippen LogP contribution in [0.1, 0.15) is 24.9 Å². The SMILES string of the molecule is [2H]C([2H])([2H])c1ccc(-c2c3c(sc4cc5ccccc5cc43)c(C([2H])([2H])[2H])c[n+]2C)c(C)c1. The van der Waals surface area contributed by atoms with Crippen molar-refractivity contribution in [3.05, 3.63) is 77.5 Å². The average molecular weight is 375 g/mol. The van der Waals surface area contributed by atoms with Crippen molar-refractivity contribution in [2.75, 3.05) is 0 Å². The molecule has 0 N–H and O–H groups in total. The van der Waals surface area contributed by atoms with E-state index in [1.54, 1.807) is 18.3 Å². The lowest BCUT2D eigenvalue weighted by Gasteiger charge is -2.09. The molecule has 2 heteroatoms. The number of nitrogens with zero attached hydrogens (tertiary/aromatic N) is 1. The van der Waals surface area contributed by atoms with Crippen molar-refractivity contribution in [3.8, 4) is 11.3 Å². The molecule has 5 aromatic rings. The summed E-state index contributed by atoms with van der Waals surface area (Å²) in [6.07, 6.45) is 1.69. The number of benzene rings is 3. The highest BCUT2D eigenvalue weighted by Gasteiger charge is 2.23. The second kappa shape index (κ2) is 5.90. The van der Waals surface area contributed by atoms with Gasteiger partial charge in [-0.1, -0.05) is 42.0 Å². The molecule has 2 heterocycles. The van der Waals surface area contributed by atoms with Crippen molar-refractivity contribution >= 4 is 42.3 Å². The Bertz CT molecular complexity index is 1560. The fourth-order valence-electron chi connectivity index (χ4n) is 3.95. The first-order valence-corrected chi connectivity index (χ1v) is 9.66. The molecule has 0 fully saturated rings. The zero-order valence-corrected chi connectivity index (χ0v) is 15.9. The number of hydrogen-bond acceptors (Lipinski definition) is 1. The van der Waals surface area contributed by atoms with Gasteiger partial charge in [-0.2, -0.15) is 0 Å². The standard InChI is InChI=1S/C25H22NS/c1-15-9-10-20(16(2)11-15)24-23-21-12-18-7-5-6-8-19(18)13-22(21)27-25(23)17(3)14-26(24)4/h5-14H,1-4H3/q+1/i1D3,3D3. The first-order chi connectivity index (χ1) is 15.4. The van der Waals surface area contributed by atoms with Gasteiger partial charge in [0.1, 0.15) is 7.05 Å². The van der Waals surface area contributed by atoms with Gasteiger partial charge in [-0.15, -0.1) is 11.3 Å². The monoisotopic (exact) mass is 374 g/mol. The highest BCUT2D eigenvalue weighted by Crippen LogP contribution is 2.42. The Kier molecular flexibility index (Phi) is 2.45. The molecule has 0 spiro atoms. The molecular formula is C25H22NS+. The van der Waals surface area contributed by atoms with Gasteiger partial charge in [0.25, 0.3) is 0 Å². The molecule has 0 radical (unpaired) electrons. The summed E-state index contributed by atoms with van der Waals surface area (Å²) < 4.78 is 51.3. The number of pyridine rings is 1. The molecule has 0 bridgehead atoms. The molecular weight excluding hydrogens is 346 g/mol. The zero-order valence-electron chi connectivity index (χ0n) is 21.1. The summed E-state index contributed by atoms with van der Waals surface area (Å²) >= 11 is 1.50. The molecule has 3 aromatic carbocycles. The van der Waals surface area contributed by atoms with Crippen LogP contribution < -0.4 is 4.57 Å². The van der Waals surface area contributed by atoms with Crippen molar-refractivity contribution in [1.82, 2.24) is 0 Å². The van der Waals surface area contributed by atoms with Gasteiger partial charge in [0.15, 0.2) is 6.20 Å². The second-order valence-electron chi connectivity index (χ2n) is 7.03. The third-order valence-electron chi connectivity index (χ3n) is 5.19. The molecule has 0 aliphatic heterocycles. The van der Waals surface area contributed by atoms with E-state index in [9.17, 15) is 0 Å². The predicted octanol–water partition coefficient (Wildman–Crippen LogP) is 6.62. The molecule has 0 saturated carbocycles. The first-order valence-electron chi connectivity index (χ1n) is 11.8. The molecule has 0 saturated heterocycles. The normalized spacial score (nSPS) is 15.9. The van der Waals surface area contributed by atoms with Crippen molar-refractivity contribution in [2.45, 2.75) is 20.6 Å². The van der Waals surface area contributed by atoms with E-state index in [4.69, 9.17) is 8.22 Å². The molecule has 27 heavy (non-hydrogen) atoms. The van der Waals surface area contributed by atoms with Crippen LogP contribution in [-0.4, -0.2) is 0 Å². The molecule has 0 unspecified atom stereocenters. The van der Waals surface area contributed by atoms with Crippen molar-refractivity contribution in [2.24, 2.45) is 7.05 Å². The highest BCUT2D eigenvalue weighted by molar-refractivity contribution is 7.26. The minimum Gasteiger partial charge on any atom is -0.200 e. The van der Waals surface area contributed by atoms with Gasteiger partial charge in [-0.3, -0.25) is 0 Å². The van der Waals surface area contributed by atoms with Gasteiger partial charge < -0.3 is 0 Å². The maximum Gasteiger partial charge on any atom is 0.221 e. The van der Waals surface area contributed by atoms with Crippen LogP contribution >= 0.6 is 11.3 Å². The predicted molar refractivity (Wildman–Crippen MR) is 118 cm³/mol. The summed E-state index contributed by atoms with van der Waals surface area (Å²) in [6, 6.07) is 17.5. The largest absolute Gasteiger partial charge is 0.221 e. The Labute approximate surface area is 171 Å². The summed E-state index contributed by atoms with van der Waals surface area (Å²) in [5, 5.41) is 4.09. The van der Waals surface area contributed by atoms with Crippen LogP contribution in [0.3, 0.4) is 0 Å².